The van der Waals surface area contributed by atoms with Crippen molar-refractivity contribution in [2.45, 2.75) is 32.7 Å². The normalized spacial score (nSPS) is 19.9. The Balaban J connectivity index is 1.69. The highest BCUT2D eigenvalue weighted by atomic mass is 16.4. The van der Waals surface area contributed by atoms with Crippen molar-refractivity contribution < 1.29 is 4.42 Å². The van der Waals surface area contributed by atoms with Crippen LogP contribution in [0.5, 0.6) is 0 Å². The molecule has 1 atom stereocenters. The molecular weight excluding hydrogens is 250 g/mol. The molecule has 4 nitrogen and oxygen atoms in total. The van der Waals surface area contributed by atoms with E-state index < -0.39 is 0 Å². The van der Waals surface area contributed by atoms with Crippen molar-refractivity contribution in [2.75, 3.05) is 24.5 Å². The molecule has 3 rings (SSSR count). The highest BCUT2D eigenvalue weighted by Crippen LogP contribution is 2.26. The third kappa shape index (κ3) is 2.96. The number of anilines is 1. The highest BCUT2D eigenvalue weighted by molar-refractivity contribution is 5.74. The number of aromatic nitrogens is 1. The summed E-state index contributed by atoms with van der Waals surface area (Å²) in [5.74, 6) is 0.682. The topological polar surface area (TPSA) is 41.3 Å². The summed E-state index contributed by atoms with van der Waals surface area (Å²) < 4.78 is 5.88. The van der Waals surface area contributed by atoms with Crippen molar-refractivity contribution >= 4 is 17.1 Å². The number of oxazole rings is 1. The summed E-state index contributed by atoms with van der Waals surface area (Å²) in [6.07, 6.45) is 2.50. The van der Waals surface area contributed by atoms with Gasteiger partial charge in [-0.15, -0.1) is 0 Å². The van der Waals surface area contributed by atoms with Gasteiger partial charge >= 0.3 is 0 Å². The molecule has 0 spiro atoms. The Bertz CT molecular complexity index is 531. The summed E-state index contributed by atoms with van der Waals surface area (Å²) in [7, 11) is 0. The Labute approximate surface area is 120 Å². The van der Waals surface area contributed by atoms with Crippen molar-refractivity contribution in [3.05, 3.63) is 24.3 Å². The van der Waals surface area contributed by atoms with Crippen molar-refractivity contribution in [1.29, 1.82) is 0 Å². The molecule has 1 N–H and O–H groups in total. The van der Waals surface area contributed by atoms with Gasteiger partial charge in [0.05, 0.1) is 0 Å². The van der Waals surface area contributed by atoms with E-state index in [4.69, 9.17) is 4.42 Å². The lowest BCUT2D eigenvalue weighted by Crippen LogP contribution is -2.41. The van der Waals surface area contributed by atoms with Gasteiger partial charge in [-0.1, -0.05) is 26.0 Å². The second-order valence-corrected chi connectivity index (χ2v) is 5.98. The zero-order valence-electron chi connectivity index (χ0n) is 12.3. The highest BCUT2D eigenvalue weighted by Gasteiger charge is 2.23. The van der Waals surface area contributed by atoms with E-state index in [1.165, 1.54) is 12.8 Å². The van der Waals surface area contributed by atoms with E-state index in [9.17, 15) is 0 Å². The van der Waals surface area contributed by atoms with Crippen LogP contribution in [0.4, 0.5) is 6.01 Å². The van der Waals surface area contributed by atoms with Gasteiger partial charge in [0.2, 0.25) is 0 Å². The Morgan fingerprint density at radius 1 is 1.40 bits per heavy atom. The number of piperidine rings is 1. The zero-order chi connectivity index (χ0) is 13.9. The molecule has 0 bridgehead atoms. The maximum atomic E-state index is 5.88. The van der Waals surface area contributed by atoms with Gasteiger partial charge < -0.3 is 14.6 Å². The van der Waals surface area contributed by atoms with Crippen LogP contribution in [0.3, 0.4) is 0 Å². The monoisotopic (exact) mass is 273 g/mol. The third-order valence-electron chi connectivity index (χ3n) is 3.89. The quantitative estimate of drug-likeness (QED) is 0.929. The van der Waals surface area contributed by atoms with Crippen molar-refractivity contribution in [3.63, 3.8) is 0 Å². The molecule has 1 saturated heterocycles. The van der Waals surface area contributed by atoms with E-state index in [0.717, 1.165) is 36.7 Å². The molecule has 1 fully saturated rings. The summed E-state index contributed by atoms with van der Waals surface area (Å²) >= 11 is 0. The second kappa shape index (κ2) is 5.83. The number of hydrogen-bond donors (Lipinski definition) is 1. The van der Waals surface area contributed by atoms with E-state index in [0.29, 0.717) is 12.0 Å². The van der Waals surface area contributed by atoms with Gasteiger partial charge in [-0.2, -0.15) is 4.98 Å². The Morgan fingerprint density at radius 2 is 2.25 bits per heavy atom. The molecule has 1 aliphatic rings. The SMILES string of the molecule is CC(C)NCC1CCCN(c2nc3ccccc3o2)C1. The van der Waals surface area contributed by atoms with Crippen LogP contribution in [0.15, 0.2) is 28.7 Å². The van der Waals surface area contributed by atoms with Crippen molar-refractivity contribution in [3.8, 4) is 0 Å². The lowest BCUT2D eigenvalue weighted by atomic mass is 9.98. The second-order valence-electron chi connectivity index (χ2n) is 5.98. The molecule has 108 valence electrons. The standard InChI is InChI=1S/C16H23N3O/c1-12(2)17-10-13-6-5-9-19(11-13)16-18-14-7-3-4-8-15(14)20-16/h3-4,7-8,12-13,17H,5-6,9-11H2,1-2H3. The van der Waals surface area contributed by atoms with Crippen LogP contribution in [0.2, 0.25) is 0 Å². The predicted molar refractivity (Wildman–Crippen MR) is 82.1 cm³/mol. The van der Waals surface area contributed by atoms with Crippen LogP contribution in [-0.2, 0) is 0 Å². The summed E-state index contributed by atoms with van der Waals surface area (Å²) in [6.45, 7) is 7.55. The fourth-order valence-electron chi connectivity index (χ4n) is 2.80. The van der Waals surface area contributed by atoms with E-state index in [1.54, 1.807) is 0 Å². The minimum absolute atomic E-state index is 0.551. The molecule has 0 aliphatic carbocycles. The number of para-hydroxylation sites is 2. The van der Waals surface area contributed by atoms with Gasteiger partial charge in [-0.25, -0.2) is 0 Å². The van der Waals surface area contributed by atoms with Crippen molar-refractivity contribution in [2.24, 2.45) is 5.92 Å². The van der Waals surface area contributed by atoms with Gasteiger partial charge in [-0.3, -0.25) is 0 Å². The first-order chi connectivity index (χ1) is 9.72. The first-order valence-electron chi connectivity index (χ1n) is 7.56. The summed E-state index contributed by atoms with van der Waals surface area (Å²) in [5, 5.41) is 3.54. The maximum absolute atomic E-state index is 5.88. The first-order valence-corrected chi connectivity index (χ1v) is 7.56. The van der Waals surface area contributed by atoms with Crippen LogP contribution in [0.25, 0.3) is 11.1 Å². The van der Waals surface area contributed by atoms with Gasteiger partial charge in [0, 0.05) is 19.1 Å². The third-order valence-corrected chi connectivity index (χ3v) is 3.89. The molecule has 0 saturated carbocycles. The van der Waals surface area contributed by atoms with Crippen LogP contribution >= 0.6 is 0 Å². The van der Waals surface area contributed by atoms with Crippen LogP contribution in [0.1, 0.15) is 26.7 Å². The van der Waals surface area contributed by atoms with Crippen LogP contribution in [0, 0.1) is 5.92 Å². The Hall–Kier alpha value is -1.55. The molecule has 1 aliphatic heterocycles. The predicted octanol–water partition coefficient (Wildman–Crippen LogP) is 3.04. The number of benzene rings is 1. The zero-order valence-corrected chi connectivity index (χ0v) is 12.3. The molecule has 2 heterocycles. The summed E-state index contributed by atoms with van der Waals surface area (Å²) in [6, 6.07) is 9.30. The average Bonchev–Trinajstić information content (AvgIpc) is 2.89. The molecule has 1 aromatic heterocycles. The molecule has 0 amide bonds. The van der Waals surface area contributed by atoms with Gasteiger partial charge in [-0.05, 0) is 37.4 Å². The largest absolute Gasteiger partial charge is 0.423 e. The number of nitrogens with zero attached hydrogens (tertiary/aromatic N) is 2. The van der Waals surface area contributed by atoms with E-state index in [2.05, 4.69) is 29.0 Å². The fraction of sp³-hybridized carbons (Fsp3) is 0.562. The van der Waals surface area contributed by atoms with Crippen LogP contribution < -0.4 is 10.2 Å². The van der Waals surface area contributed by atoms with E-state index >= 15 is 0 Å². The van der Waals surface area contributed by atoms with Gasteiger partial charge in [0.25, 0.3) is 6.01 Å². The van der Waals surface area contributed by atoms with Crippen LogP contribution in [-0.4, -0.2) is 30.7 Å². The lowest BCUT2D eigenvalue weighted by Gasteiger charge is -2.32. The number of rotatable bonds is 4. The number of hydrogen-bond acceptors (Lipinski definition) is 4. The Kier molecular flexibility index (Phi) is 3.92. The summed E-state index contributed by atoms with van der Waals surface area (Å²) in [5.41, 5.74) is 1.83. The number of fused-ring (bicyclic) bond motifs is 1. The van der Waals surface area contributed by atoms with E-state index in [-0.39, 0.29) is 0 Å². The minimum atomic E-state index is 0.551. The molecule has 0 radical (unpaired) electrons. The number of nitrogens with one attached hydrogen (secondary N) is 1. The lowest BCUT2D eigenvalue weighted by molar-refractivity contribution is 0.367. The molecule has 20 heavy (non-hydrogen) atoms. The fourth-order valence-corrected chi connectivity index (χ4v) is 2.80. The summed E-state index contributed by atoms with van der Waals surface area (Å²) in [4.78, 5) is 6.89. The average molecular weight is 273 g/mol. The van der Waals surface area contributed by atoms with Crippen molar-refractivity contribution in [1.82, 2.24) is 10.3 Å². The molecule has 4 heteroatoms. The van der Waals surface area contributed by atoms with E-state index in [1.807, 2.05) is 24.3 Å². The van der Waals surface area contributed by atoms with Gasteiger partial charge in [0.1, 0.15) is 5.52 Å². The minimum Gasteiger partial charge on any atom is -0.423 e. The smallest absolute Gasteiger partial charge is 0.298 e. The molecule has 1 unspecified atom stereocenters. The Morgan fingerprint density at radius 3 is 3.05 bits per heavy atom. The molecule has 2 aromatic rings. The van der Waals surface area contributed by atoms with Gasteiger partial charge in [0.15, 0.2) is 5.58 Å². The maximum Gasteiger partial charge on any atom is 0.298 e. The molecule has 1 aromatic carbocycles. The first kappa shape index (κ1) is 13.4. The molecular formula is C16H23N3O.